The lowest BCUT2D eigenvalue weighted by atomic mass is 9.98. The number of hydrogen-bond donors (Lipinski definition) is 0. The van der Waals surface area contributed by atoms with Crippen LogP contribution in [0.4, 0.5) is 0 Å². The third-order valence-electron chi connectivity index (χ3n) is 2.21. The average Bonchev–Trinajstić information content (AvgIpc) is 2.14. The number of esters is 2. The van der Waals surface area contributed by atoms with Crippen molar-refractivity contribution in [3.05, 3.63) is 0 Å². The Labute approximate surface area is 104 Å². The molecule has 1 aliphatic rings. The van der Waals surface area contributed by atoms with Gasteiger partial charge in [0.1, 0.15) is 11.7 Å². The first-order chi connectivity index (χ1) is 7.33. The zero-order valence-corrected chi connectivity index (χ0v) is 11.4. The van der Waals surface area contributed by atoms with Crippen LogP contribution in [0.25, 0.3) is 0 Å². The molecule has 1 heterocycles. The first-order valence-electron chi connectivity index (χ1n) is 5.33. The highest BCUT2D eigenvalue weighted by Gasteiger charge is 2.37. The minimum Gasteiger partial charge on any atom is -0.461 e. The first kappa shape index (κ1) is 13.5. The van der Waals surface area contributed by atoms with Crippen LogP contribution in [0.3, 0.4) is 0 Å². The summed E-state index contributed by atoms with van der Waals surface area (Å²) >= 11 is 3.25. The van der Waals surface area contributed by atoms with E-state index in [-0.39, 0.29) is 6.10 Å². The quantitative estimate of drug-likeness (QED) is 0.444. The van der Waals surface area contributed by atoms with Crippen LogP contribution in [0, 0.1) is 5.92 Å². The Kier molecular flexibility index (Phi) is 4.35. The number of cyclic esters (lactones) is 1. The molecule has 0 unspecified atom stereocenters. The van der Waals surface area contributed by atoms with E-state index in [1.807, 2.05) is 0 Å². The molecule has 0 aromatic rings. The van der Waals surface area contributed by atoms with Gasteiger partial charge in [0.2, 0.25) is 0 Å². The summed E-state index contributed by atoms with van der Waals surface area (Å²) in [5.41, 5.74) is -0.566. The van der Waals surface area contributed by atoms with Gasteiger partial charge in [-0.1, -0.05) is 15.9 Å². The molecule has 0 N–H and O–H groups in total. The average molecular weight is 293 g/mol. The topological polar surface area (TPSA) is 52.6 Å². The van der Waals surface area contributed by atoms with Gasteiger partial charge in [0.25, 0.3) is 0 Å². The van der Waals surface area contributed by atoms with Crippen LogP contribution in [0.1, 0.15) is 33.6 Å². The third kappa shape index (κ3) is 3.77. The van der Waals surface area contributed by atoms with Gasteiger partial charge in [-0.3, -0.25) is 9.59 Å². The Bertz CT molecular complexity index is 282. The lowest BCUT2D eigenvalue weighted by molar-refractivity contribution is -0.175. The molecule has 1 rings (SSSR count). The monoisotopic (exact) mass is 292 g/mol. The maximum Gasteiger partial charge on any atom is 0.320 e. The van der Waals surface area contributed by atoms with E-state index in [1.54, 1.807) is 20.8 Å². The van der Waals surface area contributed by atoms with Crippen molar-refractivity contribution in [3.8, 4) is 0 Å². The Morgan fingerprint density at radius 3 is 2.56 bits per heavy atom. The van der Waals surface area contributed by atoms with Gasteiger partial charge in [0, 0.05) is 5.33 Å². The van der Waals surface area contributed by atoms with Crippen LogP contribution in [0.2, 0.25) is 0 Å². The second kappa shape index (κ2) is 5.17. The van der Waals surface area contributed by atoms with Gasteiger partial charge in [-0.15, -0.1) is 0 Å². The molecule has 1 aliphatic heterocycles. The zero-order valence-electron chi connectivity index (χ0n) is 9.79. The predicted molar refractivity (Wildman–Crippen MR) is 62.2 cm³/mol. The molecule has 0 bridgehead atoms. The molecule has 0 spiro atoms. The lowest BCUT2D eigenvalue weighted by Crippen LogP contribution is -2.39. The van der Waals surface area contributed by atoms with Crippen LogP contribution in [0.15, 0.2) is 0 Å². The molecule has 0 amide bonds. The second-order valence-corrected chi connectivity index (χ2v) is 5.52. The summed E-state index contributed by atoms with van der Waals surface area (Å²) in [6.45, 7) is 5.33. The highest BCUT2D eigenvalue weighted by molar-refractivity contribution is 9.09. The van der Waals surface area contributed by atoms with Gasteiger partial charge in [-0.25, -0.2) is 0 Å². The number of halogens is 1. The molecule has 16 heavy (non-hydrogen) atoms. The fourth-order valence-electron chi connectivity index (χ4n) is 1.47. The van der Waals surface area contributed by atoms with Crippen molar-refractivity contribution in [1.29, 1.82) is 0 Å². The Morgan fingerprint density at radius 2 is 2.12 bits per heavy atom. The summed E-state index contributed by atoms with van der Waals surface area (Å²) < 4.78 is 10.3. The molecular weight excluding hydrogens is 276 g/mol. The van der Waals surface area contributed by atoms with Gasteiger partial charge in [0.15, 0.2) is 5.92 Å². The largest absolute Gasteiger partial charge is 0.461 e. The van der Waals surface area contributed by atoms with E-state index in [2.05, 4.69) is 15.9 Å². The minimum absolute atomic E-state index is 0.119. The fraction of sp³-hybridized carbons (Fsp3) is 0.818. The van der Waals surface area contributed by atoms with Crippen molar-refractivity contribution < 1.29 is 19.1 Å². The van der Waals surface area contributed by atoms with E-state index >= 15 is 0 Å². The summed E-state index contributed by atoms with van der Waals surface area (Å²) in [5, 5.41) is 0.611. The third-order valence-corrected chi connectivity index (χ3v) is 2.93. The van der Waals surface area contributed by atoms with Gasteiger partial charge in [-0.05, 0) is 33.6 Å². The molecule has 1 fully saturated rings. The lowest BCUT2D eigenvalue weighted by Gasteiger charge is -2.28. The first-order valence-corrected chi connectivity index (χ1v) is 6.45. The molecule has 4 nitrogen and oxygen atoms in total. The summed E-state index contributed by atoms with van der Waals surface area (Å²) in [7, 11) is 0. The summed E-state index contributed by atoms with van der Waals surface area (Å²) in [6, 6.07) is 0. The van der Waals surface area contributed by atoms with Crippen LogP contribution in [-0.4, -0.2) is 29.0 Å². The fourth-order valence-corrected chi connectivity index (χ4v) is 1.93. The smallest absolute Gasteiger partial charge is 0.320 e. The SMILES string of the molecule is CC(C)(C)OC(=O)[C@H]1CC[C@@H](CBr)OC1=O. The normalized spacial score (nSPS) is 26.1. The molecule has 0 saturated carbocycles. The van der Waals surface area contributed by atoms with Crippen molar-refractivity contribution in [2.24, 2.45) is 5.92 Å². The van der Waals surface area contributed by atoms with E-state index in [0.29, 0.717) is 18.2 Å². The Hall–Kier alpha value is -0.580. The predicted octanol–water partition coefficient (Wildman–Crippen LogP) is 2.04. The van der Waals surface area contributed by atoms with Crippen molar-refractivity contribution in [3.63, 3.8) is 0 Å². The standard InChI is InChI=1S/C11H17BrO4/c1-11(2,3)16-10(14)8-5-4-7(6-12)15-9(8)13/h7-8H,4-6H2,1-3H3/t7-,8-/m0/s1. The number of ether oxygens (including phenoxy) is 2. The number of rotatable bonds is 2. The molecule has 0 aromatic heterocycles. The van der Waals surface area contributed by atoms with Gasteiger partial charge < -0.3 is 9.47 Å². The number of carbonyl (C=O) groups excluding carboxylic acids is 2. The Balaban J connectivity index is 2.56. The maximum absolute atomic E-state index is 11.7. The van der Waals surface area contributed by atoms with E-state index in [0.717, 1.165) is 0 Å². The van der Waals surface area contributed by atoms with Crippen LogP contribution in [0.5, 0.6) is 0 Å². The van der Waals surface area contributed by atoms with Gasteiger partial charge in [-0.2, -0.15) is 0 Å². The molecule has 1 saturated heterocycles. The number of alkyl halides is 1. The molecule has 2 atom stereocenters. The van der Waals surface area contributed by atoms with Gasteiger partial charge >= 0.3 is 11.9 Å². The zero-order chi connectivity index (χ0) is 12.3. The number of carbonyl (C=O) groups is 2. The van der Waals surface area contributed by atoms with E-state index < -0.39 is 23.5 Å². The summed E-state index contributed by atoms with van der Waals surface area (Å²) in [4.78, 5) is 23.2. The van der Waals surface area contributed by atoms with Crippen molar-refractivity contribution in [2.75, 3.05) is 5.33 Å². The van der Waals surface area contributed by atoms with Crippen molar-refractivity contribution in [2.45, 2.75) is 45.3 Å². The second-order valence-electron chi connectivity index (χ2n) is 4.88. The minimum atomic E-state index is -0.755. The Morgan fingerprint density at radius 1 is 1.50 bits per heavy atom. The highest BCUT2D eigenvalue weighted by atomic mass is 79.9. The summed E-state index contributed by atoms with van der Waals surface area (Å²) in [5.74, 6) is -1.70. The number of hydrogen-bond acceptors (Lipinski definition) is 4. The molecule has 0 aliphatic carbocycles. The molecule has 0 radical (unpaired) electrons. The summed E-state index contributed by atoms with van der Waals surface area (Å²) in [6.07, 6.45) is 1.08. The van der Waals surface area contributed by atoms with Crippen LogP contribution in [-0.2, 0) is 19.1 Å². The van der Waals surface area contributed by atoms with Crippen LogP contribution < -0.4 is 0 Å². The molecule has 0 aromatic carbocycles. The molecule has 5 heteroatoms. The van der Waals surface area contributed by atoms with Crippen LogP contribution >= 0.6 is 15.9 Å². The van der Waals surface area contributed by atoms with E-state index in [1.165, 1.54) is 0 Å². The van der Waals surface area contributed by atoms with Gasteiger partial charge in [0.05, 0.1) is 0 Å². The van der Waals surface area contributed by atoms with Crippen molar-refractivity contribution >= 4 is 27.9 Å². The van der Waals surface area contributed by atoms with E-state index in [4.69, 9.17) is 9.47 Å². The maximum atomic E-state index is 11.7. The van der Waals surface area contributed by atoms with Crippen molar-refractivity contribution in [1.82, 2.24) is 0 Å². The highest BCUT2D eigenvalue weighted by Crippen LogP contribution is 2.24. The molecule has 92 valence electrons. The van der Waals surface area contributed by atoms with E-state index in [9.17, 15) is 9.59 Å². The molecular formula is C11H17BrO4.